The molecule has 6 heteroatoms. The van der Waals surface area contributed by atoms with Gasteiger partial charge in [0.1, 0.15) is 23.5 Å². The lowest BCUT2D eigenvalue weighted by molar-refractivity contribution is -0.885. The summed E-state index contributed by atoms with van der Waals surface area (Å²) < 4.78 is 11.4. The lowest BCUT2D eigenvalue weighted by Crippen LogP contribution is -3.08. The van der Waals surface area contributed by atoms with Gasteiger partial charge in [0.2, 0.25) is 0 Å². The van der Waals surface area contributed by atoms with Crippen molar-refractivity contribution in [3.05, 3.63) is 58.8 Å². The normalized spacial score (nSPS) is 12.4. The number of ether oxygens (including phenoxy) is 1. The maximum atomic E-state index is 12.5. The molecule has 2 N–H and O–H groups in total. The van der Waals surface area contributed by atoms with E-state index in [1.54, 1.807) is 18.4 Å². The Balaban J connectivity index is 1.55. The van der Waals surface area contributed by atoms with Crippen LogP contribution in [0.2, 0.25) is 0 Å². The van der Waals surface area contributed by atoms with E-state index in [0.717, 1.165) is 33.4 Å². The number of thiophene rings is 1. The second-order valence-corrected chi connectivity index (χ2v) is 7.42. The van der Waals surface area contributed by atoms with Crippen molar-refractivity contribution >= 4 is 44.9 Å². The molecule has 2 aromatic heterocycles. The second-order valence-electron chi connectivity index (χ2n) is 6.64. The highest BCUT2D eigenvalue weighted by atomic mass is 32.1. The highest BCUT2D eigenvalue weighted by molar-refractivity contribution is 7.07. The van der Waals surface area contributed by atoms with Crippen molar-refractivity contribution in [2.75, 3.05) is 26.0 Å². The van der Waals surface area contributed by atoms with Crippen molar-refractivity contribution in [2.45, 2.75) is 6.54 Å². The Kier molecular flexibility index (Phi) is 4.83. The average Bonchev–Trinajstić information content (AvgIpc) is 3.27. The van der Waals surface area contributed by atoms with Crippen molar-refractivity contribution in [1.82, 2.24) is 0 Å². The molecule has 0 aliphatic rings. The Hall–Kier alpha value is -2.83. The van der Waals surface area contributed by atoms with E-state index in [1.807, 2.05) is 43.4 Å². The number of furan rings is 1. The summed E-state index contributed by atoms with van der Waals surface area (Å²) in [5.41, 5.74) is 3.41. The monoisotopic (exact) mass is 381 g/mol. The van der Waals surface area contributed by atoms with Crippen molar-refractivity contribution in [3.8, 4) is 5.75 Å². The molecule has 0 saturated carbocycles. The number of hydrogen-bond acceptors (Lipinski definition) is 4. The van der Waals surface area contributed by atoms with Crippen LogP contribution in [0.15, 0.2) is 57.6 Å². The number of rotatable bonds is 6. The van der Waals surface area contributed by atoms with Crippen molar-refractivity contribution in [2.24, 2.45) is 0 Å². The molecule has 138 valence electrons. The SMILES string of the molecule is COc1cc2c(cc1NC(=O)C[NH+](C)Cc1ccsc1)oc1ccccc12. The van der Waals surface area contributed by atoms with Gasteiger partial charge in [0.05, 0.1) is 19.8 Å². The highest BCUT2D eigenvalue weighted by Gasteiger charge is 2.16. The van der Waals surface area contributed by atoms with Gasteiger partial charge in [0.25, 0.3) is 5.91 Å². The van der Waals surface area contributed by atoms with E-state index >= 15 is 0 Å². The van der Waals surface area contributed by atoms with Gasteiger partial charge in [-0.3, -0.25) is 4.79 Å². The molecule has 5 nitrogen and oxygen atoms in total. The van der Waals surface area contributed by atoms with E-state index in [9.17, 15) is 4.79 Å². The molecule has 1 unspecified atom stereocenters. The number of fused-ring (bicyclic) bond motifs is 3. The summed E-state index contributed by atoms with van der Waals surface area (Å²) in [6.45, 7) is 1.19. The van der Waals surface area contributed by atoms with E-state index in [4.69, 9.17) is 9.15 Å². The molecule has 1 atom stereocenters. The quantitative estimate of drug-likeness (QED) is 0.539. The van der Waals surface area contributed by atoms with Crippen LogP contribution in [0.4, 0.5) is 5.69 Å². The van der Waals surface area contributed by atoms with Crippen LogP contribution in [0.3, 0.4) is 0 Å². The smallest absolute Gasteiger partial charge is 0.279 e. The third kappa shape index (κ3) is 3.67. The van der Waals surface area contributed by atoms with Gasteiger partial charge in [0.15, 0.2) is 6.54 Å². The van der Waals surface area contributed by atoms with Crippen LogP contribution in [0.25, 0.3) is 21.9 Å². The summed E-state index contributed by atoms with van der Waals surface area (Å²) >= 11 is 1.67. The molecule has 0 aliphatic heterocycles. The van der Waals surface area contributed by atoms with Gasteiger partial charge in [-0.1, -0.05) is 18.2 Å². The summed E-state index contributed by atoms with van der Waals surface area (Å²) in [6, 6.07) is 13.7. The first-order valence-corrected chi connectivity index (χ1v) is 9.70. The molecule has 0 bridgehead atoms. The van der Waals surface area contributed by atoms with Crippen molar-refractivity contribution < 1.29 is 18.8 Å². The largest absolute Gasteiger partial charge is 0.495 e. The molecule has 0 spiro atoms. The standard InChI is InChI=1S/C21H20N2O3S/c1-23(11-14-7-8-27-13-14)12-21(24)22-17-10-19-16(9-20(17)25-2)15-5-3-4-6-18(15)26-19/h3-10,13H,11-12H2,1-2H3,(H,22,24)/p+1. The first kappa shape index (κ1) is 17.6. The fourth-order valence-electron chi connectivity index (χ4n) is 3.29. The van der Waals surface area contributed by atoms with E-state index in [-0.39, 0.29) is 5.91 Å². The van der Waals surface area contributed by atoms with Crippen LogP contribution < -0.4 is 15.0 Å². The van der Waals surface area contributed by atoms with Crippen molar-refractivity contribution in [1.29, 1.82) is 0 Å². The molecular weight excluding hydrogens is 360 g/mol. The molecule has 0 saturated heterocycles. The molecule has 0 aliphatic carbocycles. The predicted molar refractivity (Wildman–Crippen MR) is 109 cm³/mol. The summed E-state index contributed by atoms with van der Waals surface area (Å²) in [4.78, 5) is 13.6. The number of carbonyl (C=O) groups excluding carboxylic acids is 1. The summed E-state index contributed by atoms with van der Waals surface area (Å²) in [7, 11) is 3.62. The van der Waals surface area contributed by atoms with Gasteiger partial charge in [-0.05, 0) is 29.0 Å². The highest BCUT2D eigenvalue weighted by Crippen LogP contribution is 2.36. The summed E-state index contributed by atoms with van der Waals surface area (Å²) in [5, 5.41) is 9.13. The molecule has 4 rings (SSSR count). The molecule has 27 heavy (non-hydrogen) atoms. The Labute approximate surface area is 161 Å². The summed E-state index contributed by atoms with van der Waals surface area (Å²) in [6.07, 6.45) is 0. The Morgan fingerprint density at radius 1 is 1.19 bits per heavy atom. The van der Waals surface area contributed by atoms with Gasteiger partial charge in [-0.15, -0.1) is 0 Å². The van der Waals surface area contributed by atoms with Crippen LogP contribution in [-0.4, -0.2) is 26.6 Å². The number of para-hydroxylation sites is 1. The fraction of sp³-hybridized carbons (Fsp3) is 0.190. The van der Waals surface area contributed by atoms with E-state index in [1.165, 1.54) is 5.56 Å². The number of amides is 1. The number of methoxy groups -OCH3 is 1. The summed E-state index contributed by atoms with van der Waals surface area (Å²) in [5.74, 6) is 0.564. The minimum atomic E-state index is -0.0588. The third-order valence-corrected chi connectivity index (χ3v) is 5.25. The van der Waals surface area contributed by atoms with Gasteiger partial charge < -0.3 is 19.4 Å². The fourth-order valence-corrected chi connectivity index (χ4v) is 3.96. The molecule has 4 aromatic rings. The third-order valence-electron chi connectivity index (χ3n) is 4.52. The van der Waals surface area contributed by atoms with E-state index in [2.05, 4.69) is 22.1 Å². The first-order chi connectivity index (χ1) is 13.1. The molecule has 1 amide bonds. The van der Waals surface area contributed by atoms with Gasteiger partial charge in [-0.2, -0.15) is 11.3 Å². The minimum Gasteiger partial charge on any atom is -0.495 e. The molecule has 2 heterocycles. The van der Waals surface area contributed by atoms with Crippen LogP contribution in [0, 0.1) is 0 Å². The van der Waals surface area contributed by atoms with E-state index < -0.39 is 0 Å². The molecular formula is C21H21N2O3S+. The number of benzene rings is 2. The molecule has 0 fully saturated rings. The Morgan fingerprint density at radius 3 is 2.81 bits per heavy atom. The Morgan fingerprint density at radius 2 is 2.04 bits per heavy atom. The topological polar surface area (TPSA) is 55.9 Å². The zero-order valence-corrected chi connectivity index (χ0v) is 16.1. The maximum absolute atomic E-state index is 12.5. The number of hydrogen-bond donors (Lipinski definition) is 2. The number of carbonyl (C=O) groups is 1. The van der Waals surface area contributed by atoms with Crippen LogP contribution >= 0.6 is 11.3 Å². The number of anilines is 1. The lowest BCUT2D eigenvalue weighted by atomic mass is 10.1. The first-order valence-electron chi connectivity index (χ1n) is 8.75. The Bertz CT molecular complexity index is 1090. The van der Waals surface area contributed by atoms with Gasteiger partial charge in [0, 0.05) is 22.4 Å². The van der Waals surface area contributed by atoms with Crippen molar-refractivity contribution in [3.63, 3.8) is 0 Å². The zero-order chi connectivity index (χ0) is 18.8. The van der Waals surface area contributed by atoms with Crippen LogP contribution in [0.1, 0.15) is 5.56 Å². The predicted octanol–water partition coefficient (Wildman–Crippen LogP) is 3.31. The minimum absolute atomic E-state index is 0.0588. The number of likely N-dealkylation sites (N-methyl/N-ethyl adjacent to an activating group) is 1. The van der Waals surface area contributed by atoms with Gasteiger partial charge in [-0.25, -0.2) is 0 Å². The van der Waals surface area contributed by atoms with E-state index in [0.29, 0.717) is 18.0 Å². The van der Waals surface area contributed by atoms with Crippen LogP contribution in [0.5, 0.6) is 5.75 Å². The maximum Gasteiger partial charge on any atom is 0.279 e. The molecule has 0 radical (unpaired) electrons. The lowest BCUT2D eigenvalue weighted by Gasteiger charge is -2.14. The number of quaternary nitrogens is 1. The van der Waals surface area contributed by atoms with Crippen LogP contribution in [-0.2, 0) is 11.3 Å². The zero-order valence-electron chi connectivity index (χ0n) is 15.2. The average molecular weight is 381 g/mol. The van der Waals surface area contributed by atoms with Gasteiger partial charge >= 0.3 is 0 Å². The molecule has 2 aromatic carbocycles. The number of nitrogens with one attached hydrogen (secondary N) is 2. The second kappa shape index (κ2) is 7.42.